The molecule has 1 saturated heterocycles. The molecule has 1 aliphatic heterocycles. The van der Waals surface area contributed by atoms with Gasteiger partial charge in [0, 0.05) is 0 Å². The second-order valence-electron chi connectivity index (χ2n) is 7.36. The van der Waals surface area contributed by atoms with Crippen molar-refractivity contribution in [3.63, 3.8) is 0 Å². The van der Waals surface area contributed by atoms with Crippen LogP contribution in [0.3, 0.4) is 0 Å². The van der Waals surface area contributed by atoms with Crippen molar-refractivity contribution in [2.24, 2.45) is 0 Å². The van der Waals surface area contributed by atoms with E-state index in [0.717, 1.165) is 48.5 Å². The summed E-state index contributed by atoms with van der Waals surface area (Å²) in [5, 5.41) is 14.7. The van der Waals surface area contributed by atoms with Crippen molar-refractivity contribution >= 4 is 18.3 Å². The summed E-state index contributed by atoms with van der Waals surface area (Å²) < 4.78 is 7.83. The molecule has 7 nitrogen and oxygen atoms in total. The number of aromatic nitrogens is 3. The number of nitrogens with zero attached hydrogens (tertiary/aromatic N) is 3. The number of benzene rings is 1. The Morgan fingerprint density at radius 2 is 1.93 bits per heavy atom. The minimum absolute atomic E-state index is 0. The van der Waals surface area contributed by atoms with Crippen LogP contribution in [-0.4, -0.2) is 46.6 Å². The Morgan fingerprint density at radius 1 is 1.29 bits per heavy atom. The van der Waals surface area contributed by atoms with Gasteiger partial charge in [-0.2, -0.15) is 0 Å². The summed E-state index contributed by atoms with van der Waals surface area (Å²) in [5.74, 6) is 0.678. The Hall–Kier alpha value is -2.12. The molecule has 3 rings (SSSR count). The van der Waals surface area contributed by atoms with E-state index in [9.17, 15) is 4.79 Å². The molecule has 1 unspecified atom stereocenters. The lowest BCUT2D eigenvalue weighted by atomic mass is 10.1. The standard InChI is InChI=1S/C20H29N5O2.ClH/c1-13-6-5-7-14(2)19(13)27-12-15(3)22-20(26)18-16(4)25(24-23-18)17-8-10-21-11-9-17;/h5-7,15,17,21H,8-12H2,1-4H3,(H,22,26);1H. The normalized spacial score (nSPS) is 15.6. The number of amides is 1. The van der Waals surface area contributed by atoms with Gasteiger partial charge in [0.1, 0.15) is 12.4 Å². The third-order valence-corrected chi connectivity index (χ3v) is 5.06. The molecular weight excluding hydrogens is 378 g/mol. The van der Waals surface area contributed by atoms with Crippen LogP contribution in [0.1, 0.15) is 53.1 Å². The molecule has 0 saturated carbocycles. The molecule has 0 radical (unpaired) electrons. The molecule has 2 aromatic rings. The molecule has 1 aromatic carbocycles. The van der Waals surface area contributed by atoms with Gasteiger partial charge >= 0.3 is 0 Å². The monoisotopic (exact) mass is 407 g/mol. The molecule has 1 amide bonds. The lowest BCUT2D eigenvalue weighted by Gasteiger charge is -2.23. The number of ether oxygens (including phenoxy) is 1. The molecule has 2 N–H and O–H groups in total. The summed E-state index contributed by atoms with van der Waals surface area (Å²) >= 11 is 0. The number of halogens is 1. The van der Waals surface area contributed by atoms with Crippen LogP contribution < -0.4 is 15.4 Å². The number of para-hydroxylation sites is 1. The van der Waals surface area contributed by atoms with Crippen LogP contribution in [0.4, 0.5) is 0 Å². The molecule has 1 aromatic heterocycles. The van der Waals surface area contributed by atoms with Crippen LogP contribution in [0.5, 0.6) is 5.75 Å². The van der Waals surface area contributed by atoms with E-state index in [1.54, 1.807) is 0 Å². The predicted molar refractivity (Wildman–Crippen MR) is 111 cm³/mol. The van der Waals surface area contributed by atoms with Gasteiger partial charge in [-0.3, -0.25) is 4.79 Å². The summed E-state index contributed by atoms with van der Waals surface area (Å²) in [7, 11) is 0. The van der Waals surface area contributed by atoms with Crippen molar-refractivity contribution in [3.05, 3.63) is 40.7 Å². The zero-order valence-corrected chi connectivity index (χ0v) is 17.8. The minimum atomic E-state index is -0.203. The zero-order valence-electron chi connectivity index (χ0n) is 17.0. The molecule has 0 aliphatic carbocycles. The molecule has 1 fully saturated rings. The fraction of sp³-hybridized carbons (Fsp3) is 0.550. The van der Waals surface area contributed by atoms with Crippen LogP contribution in [-0.2, 0) is 0 Å². The van der Waals surface area contributed by atoms with Crippen molar-refractivity contribution in [2.75, 3.05) is 19.7 Å². The molecule has 154 valence electrons. The first-order chi connectivity index (χ1) is 13.0. The average Bonchev–Trinajstić information content (AvgIpc) is 3.03. The van der Waals surface area contributed by atoms with Crippen LogP contribution in [0.2, 0.25) is 0 Å². The number of carbonyl (C=O) groups is 1. The van der Waals surface area contributed by atoms with Crippen LogP contribution in [0, 0.1) is 20.8 Å². The maximum absolute atomic E-state index is 12.6. The summed E-state index contributed by atoms with van der Waals surface area (Å²) in [6.07, 6.45) is 2.01. The first-order valence-corrected chi connectivity index (χ1v) is 9.59. The maximum Gasteiger partial charge on any atom is 0.274 e. The van der Waals surface area contributed by atoms with E-state index in [-0.39, 0.29) is 24.4 Å². The van der Waals surface area contributed by atoms with E-state index in [4.69, 9.17) is 4.74 Å². The van der Waals surface area contributed by atoms with Crippen LogP contribution in [0.25, 0.3) is 0 Å². The van der Waals surface area contributed by atoms with Gasteiger partial charge in [0.15, 0.2) is 5.69 Å². The summed E-state index contributed by atoms with van der Waals surface area (Å²) in [6.45, 7) is 10.2. The number of carbonyl (C=O) groups excluding carboxylic acids is 1. The van der Waals surface area contributed by atoms with E-state index in [1.807, 2.05) is 50.6 Å². The highest BCUT2D eigenvalue weighted by Crippen LogP contribution is 2.23. The predicted octanol–water partition coefficient (Wildman–Crippen LogP) is 2.75. The van der Waals surface area contributed by atoms with E-state index in [1.165, 1.54) is 0 Å². The zero-order chi connectivity index (χ0) is 19.4. The van der Waals surface area contributed by atoms with Gasteiger partial charge in [-0.15, -0.1) is 17.5 Å². The molecule has 1 atom stereocenters. The number of nitrogens with one attached hydrogen (secondary N) is 2. The van der Waals surface area contributed by atoms with Gasteiger partial charge in [0.05, 0.1) is 17.8 Å². The summed E-state index contributed by atoms with van der Waals surface area (Å²) in [5.41, 5.74) is 3.40. The first-order valence-electron chi connectivity index (χ1n) is 9.59. The molecule has 28 heavy (non-hydrogen) atoms. The van der Waals surface area contributed by atoms with E-state index in [0.29, 0.717) is 18.3 Å². The van der Waals surface area contributed by atoms with Crippen molar-refractivity contribution in [3.8, 4) is 5.75 Å². The van der Waals surface area contributed by atoms with E-state index in [2.05, 4.69) is 20.9 Å². The van der Waals surface area contributed by atoms with Gasteiger partial charge in [-0.1, -0.05) is 23.4 Å². The first kappa shape index (κ1) is 22.2. The van der Waals surface area contributed by atoms with Crippen molar-refractivity contribution in [1.29, 1.82) is 0 Å². The van der Waals surface area contributed by atoms with Crippen molar-refractivity contribution < 1.29 is 9.53 Å². The van der Waals surface area contributed by atoms with Crippen LogP contribution >= 0.6 is 12.4 Å². The molecule has 8 heteroatoms. The Balaban J connectivity index is 0.00000280. The number of rotatable bonds is 6. The smallest absolute Gasteiger partial charge is 0.274 e. The molecule has 0 bridgehead atoms. The van der Waals surface area contributed by atoms with Gasteiger partial charge < -0.3 is 15.4 Å². The number of piperidine rings is 1. The Kier molecular flexibility index (Phi) is 7.83. The minimum Gasteiger partial charge on any atom is -0.491 e. The highest BCUT2D eigenvalue weighted by molar-refractivity contribution is 5.93. The van der Waals surface area contributed by atoms with Crippen LogP contribution in [0.15, 0.2) is 18.2 Å². The lowest BCUT2D eigenvalue weighted by molar-refractivity contribution is 0.0920. The molecule has 0 spiro atoms. The summed E-state index contributed by atoms with van der Waals surface area (Å²) in [4.78, 5) is 12.6. The lowest BCUT2D eigenvalue weighted by Crippen LogP contribution is -2.37. The van der Waals surface area contributed by atoms with E-state index < -0.39 is 0 Å². The van der Waals surface area contributed by atoms with Crippen molar-refractivity contribution in [2.45, 2.75) is 52.6 Å². The Labute approximate surface area is 172 Å². The van der Waals surface area contributed by atoms with Gasteiger partial charge in [0.25, 0.3) is 5.91 Å². The largest absolute Gasteiger partial charge is 0.491 e. The van der Waals surface area contributed by atoms with Gasteiger partial charge in [0.2, 0.25) is 0 Å². The highest BCUT2D eigenvalue weighted by atomic mass is 35.5. The topological polar surface area (TPSA) is 81.1 Å². The third-order valence-electron chi connectivity index (χ3n) is 5.06. The third kappa shape index (κ3) is 5.02. The average molecular weight is 408 g/mol. The van der Waals surface area contributed by atoms with Gasteiger partial charge in [-0.05, 0) is 64.8 Å². The quantitative estimate of drug-likeness (QED) is 0.769. The molecule has 2 heterocycles. The fourth-order valence-electron chi connectivity index (χ4n) is 3.52. The fourth-order valence-corrected chi connectivity index (χ4v) is 3.52. The Bertz CT molecular complexity index is 782. The van der Waals surface area contributed by atoms with E-state index >= 15 is 0 Å². The molecule has 1 aliphatic rings. The summed E-state index contributed by atoms with van der Waals surface area (Å²) in [6, 6.07) is 6.23. The van der Waals surface area contributed by atoms with Crippen molar-refractivity contribution in [1.82, 2.24) is 25.6 Å². The number of hydrogen-bond acceptors (Lipinski definition) is 5. The number of hydrogen-bond donors (Lipinski definition) is 2. The Morgan fingerprint density at radius 3 is 2.57 bits per heavy atom. The number of aryl methyl sites for hydroxylation is 2. The van der Waals surface area contributed by atoms with Gasteiger partial charge in [-0.25, -0.2) is 4.68 Å². The second-order valence-corrected chi connectivity index (χ2v) is 7.36. The molecular formula is C20H30ClN5O2. The highest BCUT2D eigenvalue weighted by Gasteiger charge is 2.23. The maximum atomic E-state index is 12.6. The second kappa shape index (κ2) is 9.89. The SMILES string of the molecule is Cc1cccc(C)c1OCC(C)NC(=O)c1nnn(C2CCNCC2)c1C.Cl.